The van der Waals surface area contributed by atoms with Crippen molar-refractivity contribution in [1.29, 1.82) is 0 Å². The van der Waals surface area contributed by atoms with Crippen molar-refractivity contribution in [2.45, 2.75) is 13.3 Å². The molecule has 2 amide bonds. The van der Waals surface area contributed by atoms with Gasteiger partial charge in [-0.25, -0.2) is 14.1 Å². The first-order chi connectivity index (χ1) is 14.5. The Morgan fingerprint density at radius 3 is 2.67 bits per heavy atom. The number of benzene rings is 2. The van der Waals surface area contributed by atoms with Crippen LogP contribution in [0.4, 0.5) is 10.1 Å². The molecule has 0 atom stereocenters. The predicted molar refractivity (Wildman–Crippen MR) is 110 cm³/mol. The van der Waals surface area contributed by atoms with Crippen LogP contribution in [0.15, 0.2) is 55.1 Å². The van der Waals surface area contributed by atoms with Gasteiger partial charge in [0, 0.05) is 22.3 Å². The van der Waals surface area contributed by atoms with Crippen molar-refractivity contribution in [2.75, 3.05) is 11.9 Å². The van der Waals surface area contributed by atoms with E-state index in [4.69, 9.17) is 0 Å². The number of hydrogen-bond acceptors (Lipinski definition) is 4. The van der Waals surface area contributed by atoms with Crippen LogP contribution < -0.4 is 10.6 Å². The highest BCUT2D eigenvalue weighted by molar-refractivity contribution is 5.96. The van der Waals surface area contributed by atoms with E-state index in [9.17, 15) is 14.0 Å². The molecule has 0 aliphatic rings. The van der Waals surface area contributed by atoms with Crippen molar-refractivity contribution in [3.63, 3.8) is 0 Å². The number of halogens is 1. The van der Waals surface area contributed by atoms with Crippen LogP contribution in [0.25, 0.3) is 16.6 Å². The van der Waals surface area contributed by atoms with Gasteiger partial charge in [-0.2, -0.15) is 5.10 Å². The molecule has 0 bridgehead atoms. The fourth-order valence-corrected chi connectivity index (χ4v) is 3.23. The van der Waals surface area contributed by atoms with Crippen molar-refractivity contribution in [2.24, 2.45) is 0 Å². The van der Waals surface area contributed by atoms with E-state index in [-0.39, 0.29) is 30.6 Å². The highest BCUT2D eigenvalue weighted by atomic mass is 19.1. The lowest BCUT2D eigenvalue weighted by Gasteiger charge is -2.08. The zero-order valence-corrected chi connectivity index (χ0v) is 16.1. The number of carbonyl (C=O) groups excluding carboxylic acids is 2. The lowest BCUT2D eigenvalue weighted by molar-refractivity contribution is -0.123. The number of aromatic nitrogens is 4. The molecular formula is C21H19FN6O2. The van der Waals surface area contributed by atoms with E-state index in [2.05, 4.69) is 25.7 Å². The third-order valence-corrected chi connectivity index (χ3v) is 4.70. The number of nitrogens with zero attached hydrogens (tertiary/aromatic N) is 3. The summed E-state index contributed by atoms with van der Waals surface area (Å²) in [5.41, 5.74) is 3.68. The van der Waals surface area contributed by atoms with Gasteiger partial charge in [0.15, 0.2) is 0 Å². The number of aryl methyl sites for hydroxylation is 1. The van der Waals surface area contributed by atoms with Crippen molar-refractivity contribution < 1.29 is 14.0 Å². The standard InChI is InChI=1S/C21H19FN6O2/c1-13-17(18-8-14(22)2-7-19(18)26-13)9-20(29)24-10-21(30)27-15-3-5-16(6-4-15)28-12-23-11-25-28/h2-8,11-12,26H,9-10H2,1H3,(H,24,29)(H,27,30). The second-order valence-corrected chi connectivity index (χ2v) is 6.81. The largest absolute Gasteiger partial charge is 0.358 e. The Kier molecular flexibility index (Phi) is 5.25. The Balaban J connectivity index is 1.32. The maximum absolute atomic E-state index is 13.6. The van der Waals surface area contributed by atoms with Gasteiger partial charge in [-0.05, 0) is 55.0 Å². The van der Waals surface area contributed by atoms with Crippen LogP contribution in [0.3, 0.4) is 0 Å². The number of nitrogens with one attached hydrogen (secondary N) is 3. The van der Waals surface area contributed by atoms with Crippen molar-refractivity contribution in [1.82, 2.24) is 25.1 Å². The van der Waals surface area contributed by atoms with Crippen LogP contribution in [0.5, 0.6) is 0 Å². The van der Waals surface area contributed by atoms with Crippen LogP contribution >= 0.6 is 0 Å². The van der Waals surface area contributed by atoms with E-state index >= 15 is 0 Å². The minimum Gasteiger partial charge on any atom is -0.358 e. The molecule has 3 N–H and O–H groups in total. The van der Waals surface area contributed by atoms with Crippen LogP contribution in [0.1, 0.15) is 11.3 Å². The maximum Gasteiger partial charge on any atom is 0.243 e. The SMILES string of the molecule is Cc1[nH]c2ccc(F)cc2c1CC(=O)NCC(=O)Nc1ccc(-n2cncn2)cc1. The summed E-state index contributed by atoms with van der Waals surface area (Å²) in [6, 6.07) is 11.5. The number of fused-ring (bicyclic) bond motifs is 1. The molecule has 0 aliphatic carbocycles. The molecule has 0 fully saturated rings. The number of amides is 2. The fraction of sp³-hybridized carbons (Fsp3) is 0.143. The zero-order chi connectivity index (χ0) is 21.1. The maximum atomic E-state index is 13.6. The first-order valence-electron chi connectivity index (χ1n) is 9.28. The molecule has 30 heavy (non-hydrogen) atoms. The number of hydrogen-bond donors (Lipinski definition) is 3. The highest BCUT2D eigenvalue weighted by Gasteiger charge is 2.14. The molecule has 2 aromatic carbocycles. The van der Waals surface area contributed by atoms with E-state index in [1.807, 2.05) is 6.92 Å². The molecule has 0 saturated carbocycles. The average molecular weight is 406 g/mol. The summed E-state index contributed by atoms with van der Waals surface area (Å²) in [7, 11) is 0. The molecule has 4 aromatic rings. The molecule has 0 saturated heterocycles. The monoisotopic (exact) mass is 406 g/mol. The lowest BCUT2D eigenvalue weighted by Crippen LogP contribution is -2.33. The Hall–Kier alpha value is -4.01. The molecule has 0 radical (unpaired) electrons. The molecule has 0 aliphatic heterocycles. The number of rotatable bonds is 6. The van der Waals surface area contributed by atoms with E-state index in [1.165, 1.54) is 18.5 Å². The summed E-state index contributed by atoms with van der Waals surface area (Å²) >= 11 is 0. The zero-order valence-electron chi connectivity index (χ0n) is 16.1. The predicted octanol–water partition coefficient (Wildman–Crippen LogP) is 2.49. The molecule has 152 valence electrons. The summed E-state index contributed by atoms with van der Waals surface area (Å²) in [5, 5.41) is 10.0. The Bertz CT molecular complexity index is 1200. The summed E-state index contributed by atoms with van der Waals surface area (Å²) in [6.07, 6.45) is 3.06. The Morgan fingerprint density at radius 1 is 1.13 bits per heavy atom. The van der Waals surface area contributed by atoms with E-state index < -0.39 is 0 Å². The number of carbonyl (C=O) groups is 2. The first-order valence-corrected chi connectivity index (χ1v) is 9.28. The molecular weight excluding hydrogens is 387 g/mol. The van der Waals surface area contributed by atoms with E-state index in [1.54, 1.807) is 41.3 Å². The molecule has 8 nitrogen and oxygen atoms in total. The van der Waals surface area contributed by atoms with Crippen LogP contribution in [0.2, 0.25) is 0 Å². The topological polar surface area (TPSA) is 105 Å². The lowest BCUT2D eigenvalue weighted by atomic mass is 10.1. The van der Waals surface area contributed by atoms with Crippen LogP contribution in [-0.2, 0) is 16.0 Å². The first kappa shape index (κ1) is 19.3. The Morgan fingerprint density at radius 2 is 1.93 bits per heavy atom. The van der Waals surface area contributed by atoms with Crippen molar-refractivity contribution >= 4 is 28.4 Å². The third kappa shape index (κ3) is 4.19. The molecule has 4 rings (SSSR count). The third-order valence-electron chi connectivity index (χ3n) is 4.70. The molecule has 2 aromatic heterocycles. The smallest absolute Gasteiger partial charge is 0.243 e. The van der Waals surface area contributed by atoms with E-state index in [0.29, 0.717) is 16.6 Å². The second kappa shape index (κ2) is 8.16. The fourth-order valence-electron chi connectivity index (χ4n) is 3.23. The van der Waals surface area contributed by atoms with Gasteiger partial charge in [-0.1, -0.05) is 0 Å². The minimum atomic E-state index is -0.364. The summed E-state index contributed by atoms with van der Waals surface area (Å²) in [6.45, 7) is 1.66. The summed E-state index contributed by atoms with van der Waals surface area (Å²) in [5.74, 6) is -1.03. The van der Waals surface area contributed by atoms with Gasteiger partial charge in [-0.3, -0.25) is 9.59 Å². The number of H-pyrrole nitrogens is 1. The van der Waals surface area contributed by atoms with Gasteiger partial charge in [0.05, 0.1) is 18.7 Å². The molecule has 9 heteroatoms. The molecule has 2 heterocycles. The Labute approximate surface area is 171 Å². The van der Waals surface area contributed by atoms with Crippen LogP contribution in [-0.4, -0.2) is 38.1 Å². The summed E-state index contributed by atoms with van der Waals surface area (Å²) < 4.78 is 15.2. The van der Waals surface area contributed by atoms with Gasteiger partial charge < -0.3 is 15.6 Å². The van der Waals surface area contributed by atoms with Gasteiger partial charge in [-0.15, -0.1) is 0 Å². The van der Waals surface area contributed by atoms with Crippen molar-refractivity contribution in [3.8, 4) is 5.69 Å². The molecule has 0 unspecified atom stereocenters. The van der Waals surface area contributed by atoms with Gasteiger partial charge in [0.2, 0.25) is 11.8 Å². The van der Waals surface area contributed by atoms with E-state index in [0.717, 1.165) is 16.9 Å². The van der Waals surface area contributed by atoms with Gasteiger partial charge >= 0.3 is 0 Å². The normalized spacial score (nSPS) is 10.9. The van der Waals surface area contributed by atoms with Crippen molar-refractivity contribution in [3.05, 3.63) is 72.2 Å². The quantitative estimate of drug-likeness (QED) is 0.458. The van der Waals surface area contributed by atoms with Gasteiger partial charge in [0.1, 0.15) is 18.5 Å². The minimum absolute atomic E-state index is 0.0508. The number of anilines is 1. The number of aromatic amines is 1. The molecule has 0 spiro atoms. The second-order valence-electron chi connectivity index (χ2n) is 6.81. The average Bonchev–Trinajstić information content (AvgIpc) is 3.36. The summed E-state index contributed by atoms with van der Waals surface area (Å²) in [4.78, 5) is 31.5. The van der Waals surface area contributed by atoms with Gasteiger partial charge in [0.25, 0.3) is 0 Å². The van der Waals surface area contributed by atoms with Crippen LogP contribution in [0, 0.1) is 12.7 Å². The highest BCUT2D eigenvalue weighted by Crippen LogP contribution is 2.23.